The molecule has 2 heterocycles. The SMILES string of the molecule is CCC(C)Cn1cc(CO)c2cccnc21. The molecule has 0 aromatic carbocycles. The first-order valence-corrected chi connectivity index (χ1v) is 5.79. The quantitative estimate of drug-likeness (QED) is 0.856. The third-order valence-electron chi connectivity index (χ3n) is 3.09. The Morgan fingerprint density at radius 1 is 1.50 bits per heavy atom. The van der Waals surface area contributed by atoms with Crippen molar-refractivity contribution in [1.82, 2.24) is 9.55 Å². The van der Waals surface area contributed by atoms with Crippen LogP contribution in [0.1, 0.15) is 25.8 Å². The topological polar surface area (TPSA) is 38.0 Å². The fourth-order valence-corrected chi connectivity index (χ4v) is 1.93. The molecule has 0 radical (unpaired) electrons. The minimum Gasteiger partial charge on any atom is -0.392 e. The van der Waals surface area contributed by atoms with Gasteiger partial charge in [0.2, 0.25) is 0 Å². The van der Waals surface area contributed by atoms with Crippen LogP contribution in [0.2, 0.25) is 0 Å². The molecule has 0 aliphatic carbocycles. The van der Waals surface area contributed by atoms with E-state index in [9.17, 15) is 5.11 Å². The van der Waals surface area contributed by atoms with E-state index >= 15 is 0 Å². The lowest BCUT2D eigenvalue weighted by Crippen LogP contribution is -2.05. The Morgan fingerprint density at radius 3 is 3.00 bits per heavy atom. The number of aliphatic hydroxyl groups excluding tert-OH is 1. The van der Waals surface area contributed by atoms with Gasteiger partial charge in [0.05, 0.1) is 6.61 Å². The average Bonchev–Trinajstić information content (AvgIpc) is 2.68. The van der Waals surface area contributed by atoms with Crippen molar-refractivity contribution in [3.63, 3.8) is 0 Å². The van der Waals surface area contributed by atoms with Crippen LogP contribution >= 0.6 is 0 Å². The van der Waals surface area contributed by atoms with Crippen LogP contribution in [-0.4, -0.2) is 14.7 Å². The Balaban J connectivity index is 2.45. The summed E-state index contributed by atoms with van der Waals surface area (Å²) < 4.78 is 2.15. The maximum absolute atomic E-state index is 9.30. The Morgan fingerprint density at radius 2 is 2.31 bits per heavy atom. The molecule has 0 aliphatic heterocycles. The maximum Gasteiger partial charge on any atom is 0.140 e. The van der Waals surface area contributed by atoms with E-state index < -0.39 is 0 Å². The second-order valence-electron chi connectivity index (χ2n) is 4.35. The molecule has 2 aromatic rings. The van der Waals surface area contributed by atoms with Gasteiger partial charge in [-0.1, -0.05) is 20.3 Å². The molecule has 2 rings (SSSR count). The van der Waals surface area contributed by atoms with Crippen LogP contribution in [0, 0.1) is 5.92 Å². The summed E-state index contributed by atoms with van der Waals surface area (Å²) in [6.07, 6.45) is 4.97. The molecule has 0 bridgehead atoms. The smallest absolute Gasteiger partial charge is 0.140 e. The van der Waals surface area contributed by atoms with Gasteiger partial charge >= 0.3 is 0 Å². The molecule has 0 aliphatic rings. The van der Waals surface area contributed by atoms with Crippen LogP contribution in [0.3, 0.4) is 0 Å². The monoisotopic (exact) mass is 218 g/mol. The molecule has 16 heavy (non-hydrogen) atoms. The molecule has 0 saturated heterocycles. The van der Waals surface area contributed by atoms with Gasteiger partial charge in [0.15, 0.2) is 0 Å². The molecule has 3 heteroatoms. The molecule has 86 valence electrons. The van der Waals surface area contributed by atoms with Crippen LogP contribution in [-0.2, 0) is 13.2 Å². The lowest BCUT2D eigenvalue weighted by Gasteiger charge is -2.10. The van der Waals surface area contributed by atoms with E-state index in [4.69, 9.17) is 0 Å². The summed E-state index contributed by atoms with van der Waals surface area (Å²) >= 11 is 0. The summed E-state index contributed by atoms with van der Waals surface area (Å²) in [6, 6.07) is 3.93. The van der Waals surface area contributed by atoms with Crippen LogP contribution in [0.25, 0.3) is 11.0 Å². The van der Waals surface area contributed by atoms with Crippen LogP contribution in [0.4, 0.5) is 0 Å². The van der Waals surface area contributed by atoms with Crippen molar-refractivity contribution in [2.24, 2.45) is 5.92 Å². The highest BCUT2D eigenvalue weighted by atomic mass is 16.3. The van der Waals surface area contributed by atoms with Gasteiger partial charge in [-0.25, -0.2) is 4.98 Å². The third-order valence-corrected chi connectivity index (χ3v) is 3.09. The number of hydrogen-bond acceptors (Lipinski definition) is 2. The Bertz CT molecular complexity index is 476. The van der Waals surface area contributed by atoms with Crippen LogP contribution in [0.15, 0.2) is 24.5 Å². The van der Waals surface area contributed by atoms with Gasteiger partial charge in [0.1, 0.15) is 5.65 Å². The van der Waals surface area contributed by atoms with Gasteiger partial charge in [-0.15, -0.1) is 0 Å². The predicted molar refractivity (Wildman–Crippen MR) is 65.1 cm³/mol. The zero-order valence-corrected chi connectivity index (χ0v) is 9.85. The van der Waals surface area contributed by atoms with Crippen LogP contribution in [0.5, 0.6) is 0 Å². The fraction of sp³-hybridized carbons (Fsp3) is 0.462. The van der Waals surface area contributed by atoms with Crippen molar-refractivity contribution >= 4 is 11.0 Å². The largest absolute Gasteiger partial charge is 0.392 e. The van der Waals surface area contributed by atoms with Gasteiger partial charge in [-0.05, 0) is 18.1 Å². The van der Waals surface area contributed by atoms with Gasteiger partial charge in [-0.2, -0.15) is 0 Å². The Labute approximate surface area is 95.7 Å². The summed E-state index contributed by atoms with van der Waals surface area (Å²) in [4.78, 5) is 4.39. The minimum atomic E-state index is 0.0791. The van der Waals surface area contributed by atoms with E-state index in [1.54, 1.807) is 6.20 Å². The van der Waals surface area contributed by atoms with E-state index in [-0.39, 0.29) is 6.61 Å². The number of hydrogen-bond donors (Lipinski definition) is 1. The van der Waals surface area contributed by atoms with Gasteiger partial charge in [0, 0.05) is 29.9 Å². The Hall–Kier alpha value is -1.35. The zero-order chi connectivity index (χ0) is 11.5. The number of nitrogens with zero attached hydrogens (tertiary/aromatic N) is 2. The molecular weight excluding hydrogens is 200 g/mol. The highest BCUT2D eigenvalue weighted by molar-refractivity contribution is 5.80. The summed E-state index contributed by atoms with van der Waals surface area (Å²) in [5.41, 5.74) is 1.94. The van der Waals surface area contributed by atoms with Crippen molar-refractivity contribution in [3.8, 4) is 0 Å². The lowest BCUT2D eigenvalue weighted by atomic mass is 10.1. The average molecular weight is 218 g/mol. The molecule has 0 fully saturated rings. The van der Waals surface area contributed by atoms with E-state index in [1.165, 1.54) is 0 Å². The standard InChI is InChI=1S/C13H18N2O/c1-3-10(2)7-15-8-11(9-16)12-5-4-6-14-13(12)15/h4-6,8,10,16H,3,7,9H2,1-2H3. The van der Waals surface area contributed by atoms with Crippen molar-refractivity contribution in [2.45, 2.75) is 33.4 Å². The molecule has 0 spiro atoms. The molecular formula is C13H18N2O. The van der Waals surface area contributed by atoms with Crippen molar-refractivity contribution in [2.75, 3.05) is 0 Å². The predicted octanol–water partition coefficient (Wildman–Crippen LogP) is 2.57. The summed E-state index contributed by atoms with van der Waals surface area (Å²) in [5, 5.41) is 10.4. The number of rotatable bonds is 4. The second-order valence-corrected chi connectivity index (χ2v) is 4.35. The first-order valence-electron chi connectivity index (χ1n) is 5.79. The summed E-state index contributed by atoms with van der Waals surface area (Å²) in [5.74, 6) is 0.629. The number of fused-ring (bicyclic) bond motifs is 1. The second kappa shape index (κ2) is 4.66. The highest BCUT2D eigenvalue weighted by Crippen LogP contribution is 2.20. The number of aliphatic hydroxyl groups is 1. The molecule has 1 atom stereocenters. The zero-order valence-electron chi connectivity index (χ0n) is 9.85. The van der Waals surface area contributed by atoms with E-state index in [0.29, 0.717) is 5.92 Å². The minimum absolute atomic E-state index is 0.0791. The summed E-state index contributed by atoms with van der Waals surface area (Å²) in [6.45, 7) is 5.46. The van der Waals surface area contributed by atoms with E-state index in [2.05, 4.69) is 23.4 Å². The van der Waals surface area contributed by atoms with Crippen molar-refractivity contribution in [3.05, 3.63) is 30.1 Å². The normalized spacial score (nSPS) is 13.2. The van der Waals surface area contributed by atoms with Crippen molar-refractivity contribution in [1.29, 1.82) is 0 Å². The van der Waals surface area contributed by atoms with Crippen molar-refractivity contribution < 1.29 is 5.11 Å². The highest BCUT2D eigenvalue weighted by Gasteiger charge is 2.09. The maximum atomic E-state index is 9.30. The molecule has 3 nitrogen and oxygen atoms in total. The first-order chi connectivity index (χ1) is 7.76. The number of aromatic nitrogens is 2. The molecule has 1 N–H and O–H groups in total. The molecule has 1 unspecified atom stereocenters. The van der Waals surface area contributed by atoms with Gasteiger partial charge < -0.3 is 9.67 Å². The van der Waals surface area contributed by atoms with Crippen LogP contribution < -0.4 is 0 Å². The van der Waals surface area contributed by atoms with Gasteiger partial charge in [-0.3, -0.25) is 0 Å². The molecule has 0 saturated carbocycles. The lowest BCUT2D eigenvalue weighted by molar-refractivity contribution is 0.283. The Kier molecular flexibility index (Phi) is 3.25. The number of pyridine rings is 1. The van der Waals surface area contributed by atoms with E-state index in [0.717, 1.165) is 29.6 Å². The van der Waals surface area contributed by atoms with Gasteiger partial charge in [0.25, 0.3) is 0 Å². The fourth-order valence-electron chi connectivity index (χ4n) is 1.93. The van der Waals surface area contributed by atoms with E-state index in [1.807, 2.05) is 18.3 Å². The summed E-state index contributed by atoms with van der Waals surface area (Å²) in [7, 11) is 0. The molecule has 2 aromatic heterocycles. The first kappa shape index (κ1) is 11.1. The third kappa shape index (κ3) is 1.95. The molecule has 0 amide bonds.